The Balaban J connectivity index is 0.00000240. The van der Waals surface area contributed by atoms with E-state index in [1.54, 1.807) is 25.1 Å². The number of hydrogen-bond donors (Lipinski definition) is 2. The zero-order valence-corrected chi connectivity index (χ0v) is 20.5. The van der Waals surface area contributed by atoms with E-state index < -0.39 is 5.56 Å². The molecular formula is C21H18ClKN3O3. The molecule has 2 aromatic carbocycles. The van der Waals surface area contributed by atoms with Crippen LogP contribution in [0.5, 0.6) is 5.75 Å². The van der Waals surface area contributed by atoms with Gasteiger partial charge in [0.05, 0.1) is 16.2 Å². The molecule has 0 fully saturated rings. The number of nitrogens with one attached hydrogen (secondary N) is 1. The third-order valence-corrected chi connectivity index (χ3v) is 4.96. The van der Waals surface area contributed by atoms with Gasteiger partial charge in [-0.3, -0.25) is 4.79 Å². The predicted molar refractivity (Wildman–Crippen MR) is 117 cm³/mol. The van der Waals surface area contributed by atoms with E-state index in [0.29, 0.717) is 21.6 Å². The third kappa shape index (κ3) is 4.16. The van der Waals surface area contributed by atoms with Crippen LogP contribution in [0.3, 0.4) is 0 Å². The number of aromatic nitrogens is 2. The Morgan fingerprint density at radius 1 is 1.14 bits per heavy atom. The first-order valence-corrected chi connectivity index (χ1v) is 9.03. The molecule has 2 N–H and O–H groups in total. The largest absolute Gasteiger partial charge is 0.506 e. The summed E-state index contributed by atoms with van der Waals surface area (Å²) in [5, 5.41) is 15.6. The number of aromatic amines is 1. The maximum Gasteiger partial charge on any atom is 0.263 e. The second-order valence-electron chi connectivity index (χ2n) is 6.83. The van der Waals surface area contributed by atoms with Gasteiger partial charge in [-0.15, -0.1) is 0 Å². The maximum absolute atomic E-state index is 12.5. The molecule has 0 spiro atoms. The Morgan fingerprint density at radius 2 is 1.83 bits per heavy atom. The van der Waals surface area contributed by atoms with Gasteiger partial charge in [-0.25, -0.2) is 0 Å². The van der Waals surface area contributed by atoms with E-state index in [4.69, 9.17) is 16.1 Å². The summed E-state index contributed by atoms with van der Waals surface area (Å²) in [6.07, 6.45) is 0. The van der Waals surface area contributed by atoms with Crippen molar-refractivity contribution in [2.24, 2.45) is 0 Å². The van der Waals surface area contributed by atoms with Crippen LogP contribution in [0.25, 0.3) is 33.4 Å². The fourth-order valence-corrected chi connectivity index (χ4v) is 3.44. The number of aryl methyl sites for hydroxylation is 1. The van der Waals surface area contributed by atoms with Crippen molar-refractivity contribution in [1.29, 1.82) is 0 Å². The van der Waals surface area contributed by atoms with Crippen molar-refractivity contribution < 1.29 is 9.63 Å². The van der Waals surface area contributed by atoms with Crippen LogP contribution in [0.2, 0.25) is 5.02 Å². The van der Waals surface area contributed by atoms with Gasteiger partial charge in [-0.2, -0.15) is 0 Å². The normalized spacial score (nSPS) is 10.8. The molecule has 4 aromatic rings. The molecule has 0 aliphatic heterocycles. The number of nitrogens with zero attached hydrogens (tertiary/aromatic N) is 2. The van der Waals surface area contributed by atoms with Gasteiger partial charge in [0.2, 0.25) is 0 Å². The minimum atomic E-state index is -0.472. The second kappa shape index (κ2) is 8.63. The Kier molecular flexibility index (Phi) is 6.57. The average Bonchev–Trinajstić information content (AvgIpc) is 3.07. The van der Waals surface area contributed by atoms with Crippen LogP contribution in [0, 0.1) is 6.92 Å². The van der Waals surface area contributed by atoms with Crippen LogP contribution in [0.4, 0.5) is 5.69 Å². The summed E-state index contributed by atoms with van der Waals surface area (Å²) in [5.74, 6) is 0.0442. The van der Waals surface area contributed by atoms with Gasteiger partial charge in [-0.1, -0.05) is 28.9 Å². The Morgan fingerprint density at radius 3 is 2.41 bits per heavy atom. The molecule has 8 heteroatoms. The number of benzene rings is 2. The van der Waals surface area contributed by atoms with Gasteiger partial charge in [0, 0.05) is 88.2 Å². The Hall–Kier alpha value is -1.61. The number of fused-ring (bicyclic) bond motifs is 1. The van der Waals surface area contributed by atoms with E-state index in [-0.39, 0.29) is 68.5 Å². The molecule has 1 radical (unpaired) electrons. The monoisotopic (exact) mass is 434 g/mol. The number of hydrogen-bond acceptors (Lipinski definition) is 5. The van der Waals surface area contributed by atoms with E-state index >= 15 is 0 Å². The van der Waals surface area contributed by atoms with Gasteiger partial charge in [0.1, 0.15) is 11.3 Å². The second-order valence-corrected chi connectivity index (χ2v) is 7.24. The number of rotatable bonds is 3. The molecule has 0 atom stereocenters. The van der Waals surface area contributed by atoms with E-state index in [1.807, 2.05) is 43.3 Å². The third-order valence-electron chi connectivity index (χ3n) is 4.64. The molecule has 2 heterocycles. The van der Waals surface area contributed by atoms with E-state index in [2.05, 4.69) is 10.1 Å². The minimum absolute atomic E-state index is 0. The zero-order valence-electron chi connectivity index (χ0n) is 16.6. The first-order valence-electron chi connectivity index (χ1n) is 8.65. The smallest absolute Gasteiger partial charge is 0.263 e. The molecule has 0 aliphatic rings. The van der Waals surface area contributed by atoms with Crippen molar-refractivity contribution >= 4 is 79.6 Å². The molecule has 6 nitrogen and oxygen atoms in total. The molecule has 0 unspecified atom stereocenters. The maximum atomic E-state index is 12.5. The van der Waals surface area contributed by atoms with Gasteiger partial charge >= 0.3 is 0 Å². The first-order chi connectivity index (χ1) is 13.3. The summed E-state index contributed by atoms with van der Waals surface area (Å²) >= 11 is 6.46. The van der Waals surface area contributed by atoms with Crippen molar-refractivity contribution in [3.8, 4) is 28.2 Å². The minimum Gasteiger partial charge on any atom is -0.506 e. The molecule has 0 aliphatic carbocycles. The van der Waals surface area contributed by atoms with Crippen molar-refractivity contribution in [2.45, 2.75) is 6.92 Å². The SMILES string of the molecule is Cc1cc(-c2c(O)c3cc(-c4ccc(N(C)C)cc4)c(Cl)cc3[nH]c2=O)on1.[K]. The fraction of sp³-hybridized carbons (Fsp3) is 0.143. The summed E-state index contributed by atoms with van der Waals surface area (Å²) in [6, 6.07) is 12.9. The van der Waals surface area contributed by atoms with Crippen LogP contribution < -0.4 is 10.5 Å². The summed E-state index contributed by atoms with van der Waals surface area (Å²) in [5.41, 5.74) is 3.36. The van der Waals surface area contributed by atoms with Crippen LogP contribution in [-0.2, 0) is 0 Å². The van der Waals surface area contributed by atoms with E-state index in [1.165, 1.54) is 0 Å². The van der Waals surface area contributed by atoms with Crippen LogP contribution in [-0.4, -0.2) is 80.7 Å². The molecule has 0 saturated heterocycles. The molecule has 29 heavy (non-hydrogen) atoms. The van der Waals surface area contributed by atoms with Gasteiger partial charge < -0.3 is 19.5 Å². The molecule has 2 aromatic heterocycles. The van der Waals surface area contributed by atoms with E-state index in [0.717, 1.165) is 16.8 Å². The molecule has 4 rings (SSSR count). The standard InChI is InChI=1S/C21H18ClN3O3.K/c1-11-8-18(28-24-11)19-20(26)15-9-14(16(22)10-17(15)23-21(19)27)12-4-6-13(7-5-12)25(2)3;/h4-10H,1-3H3,(H2,23,26,27);. The number of halogens is 1. The quantitative estimate of drug-likeness (QED) is 0.472. The average molecular weight is 435 g/mol. The summed E-state index contributed by atoms with van der Waals surface area (Å²) in [7, 11) is 3.94. The van der Waals surface area contributed by atoms with Gasteiger partial charge in [-0.05, 0) is 36.8 Å². The molecule has 0 saturated carbocycles. The van der Waals surface area contributed by atoms with Gasteiger partial charge in [0.15, 0.2) is 5.76 Å². The number of H-pyrrole nitrogens is 1. The molecule has 0 amide bonds. The predicted octanol–water partition coefficient (Wildman–Crippen LogP) is 4.20. The summed E-state index contributed by atoms with van der Waals surface area (Å²) in [4.78, 5) is 17.2. The Labute approximate surface area is 214 Å². The van der Waals surface area contributed by atoms with Crippen molar-refractivity contribution in [2.75, 3.05) is 19.0 Å². The number of aromatic hydroxyl groups is 1. The number of anilines is 1. The molecule has 0 bridgehead atoms. The van der Waals surface area contributed by atoms with Crippen molar-refractivity contribution in [1.82, 2.24) is 10.1 Å². The van der Waals surface area contributed by atoms with Crippen molar-refractivity contribution in [3.63, 3.8) is 0 Å². The van der Waals surface area contributed by atoms with E-state index in [9.17, 15) is 9.90 Å². The Bertz CT molecular complexity index is 1250. The van der Waals surface area contributed by atoms with Crippen molar-refractivity contribution in [3.05, 3.63) is 63.5 Å². The fourth-order valence-electron chi connectivity index (χ4n) is 3.17. The first kappa shape index (κ1) is 22.1. The molecule has 143 valence electrons. The number of pyridine rings is 1. The topological polar surface area (TPSA) is 82.4 Å². The van der Waals surface area contributed by atoms with Crippen LogP contribution >= 0.6 is 11.6 Å². The van der Waals surface area contributed by atoms with Crippen LogP contribution in [0.15, 0.2) is 51.8 Å². The van der Waals surface area contributed by atoms with Crippen LogP contribution in [0.1, 0.15) is 5.69 Å². The zero-order chi connectivity index (χ0) is 20.0. The molecular weight excluding hydrogens is 417 g/mol. The van der Waals surface area contributed by atoms with Gasteiger partial charge in [0.25, 0.3) is 5.56 Å². The summed E-state index contributed by atoms with van der Waals surface area (Å²) in [6.45, 7) is 1.74. The summed E-state index contributed by atoms with van der Waals surface area (Å²) < 4.78 is 5.17.